The average molecular weight is 607 g/mol. The molecule has 3 fully saturated rings. The number of aliphatic hydroxyl groups is 12. The van der Waals surface area contributed by atoms with Gasteiger partial charge in [-0.25, -0.2) is 0 Å². The summed E-state index contributed by atoms with van der Waals surface area (Å²) in [5.74, 6) is 0. The van der Waals surface area contributed by atoms with E-state index in [4.69, 9.17) is 28.4 Å². The van der Waals surface area contributed by atoms with Crippen LogP contribution in [0.15, 0.2) is 0 Å². The van der Waals surface area contributed by atoms with Crippen LogP contribution in [0.25, 0.3) is 0 Å². The summed E-state index contributed by atoms with van der Waals surface area (Å²) in [6.07, 6.45) is -23.8. The molecule has 3 aliphatic heterocycles. The zero-order valence-corrected chi connectivity index (χ0v) is 22.2. The molecule has 0 aromatic carbocycles. The Morgan fingerprint density at radius 2 is 0.683 bits per heavy atom. The molecule has 41 heavy (non-hydrogen) atoms. The minimum Gasteiger partial charge on any atom is -0.394 e. The van der Waals surface area contributed by atoms with Gasteiger partial charge in [0.15, 0.2) is 18.9 Å². The van der Waals surface area contributed by atoms with E-state index < -0.39 is 137 Å². The first-order valence-electron chi connectivity index (χ1n) is 13.0. The molecule has 15 atom stereocenters. The van der Waals surface area contributed by atoms with Crippen LogP contribution >= 0.6 is 0 Å². The lowest BCUT2D eigenvalue weighted by Crippen LogP contribution is -2.61. The van der Waals surface area contributed by atoms with Gasteiger partial charge in [-0.2, -0.15) is 0 Å². The van der Waals surface area contributed by atoms with E-state index in [2.05, 4.69) is 0 Å². The maximum absolute atomic E-state index is 10.3. The Bertz CT molecular complexity index is 688. The van der Waals surface area contributed by atoms with Gasteiger partial charge < -0.3 is 89.7 Å². The SMILES string of the molecule is CC(CO[C@@H]1OC(CO)[C@H](O)C(O)[C@H]1O)(CO[C@@H]1OC(CO)[C@H](O)C(O)[C@H]1O)CO[C@@H]1OC(CO)[C@H](O)C(O)[C@H]1O. The normalized spacial score (nSPS) is 47.2. The van der Waals surface area contributed by atoms with Crippen LogP contribution < -0.4 is 0 Å². The molecule has 3 rings (SSSR count). The first-order chi connectivity index (χ1) is 19.3. The van der Waals surface area contributed by atoms with Gasteiger partial charge in [-0.1, -0.05) is 6.92 Å². The topological polar surface area (TPSA) is 298 Å². The molecule has 0 bridgehead atoms. The number of hydrogen-bond donors (Lipinski definition) is 12. The molecule has 3 aliphatic rings. The molecule has 3 saturated heterocycles. The van der Waals surface area contributed by atoms with E-state index in [0.29, 0.717) is 0 Å². The van der Waals surface area contributed by atoms with E-state index in [-0.39, 0.29) is 0 Å². The number of rotatable bonds is 12. The molecule has 18 heteroatoms. The second-order valence-electron chi connectivity index (χ2n) is 10.8. The monoisotopic (exact) mass is 606 g/mol. The Kier molecular flexibility index (Phi) is 12.6. The Balaban J connectivity index is 1.73. The van der Waals surface area contributed by atoms with Crippen molar-refractivity contribution < 1.29 is 89.7 Å². The molecule has 0 radical (unpaired) electrons. The van der Waals surface area contributed by atoms with Crippen molar-refractivity contribution in [2.24, 2.45) is 5.41 Å². The second-order valence-corrected chi connectivity index (χ2v) is 10.8. The molecule has 6 unspecified atom stereocenters. The van der Waals surface area contributed by atoms with Gasteiger partial charge in [0.25, 0.3) is 0 Å². The lowest BCUT2D eigenvalue weighted by atomic mass is 9.93. The van der Waals surface area contributed by atoms with Crippen LogP contribution in [0.5, 0.6) is 0 Å². The minimum absolute atomic E-state index is 0.426. The van der Waals surface area contributed by atoms with Gasteiger partial charge in [0, 0.05) is 5.41 Å². The van der Waals surface area contributed by atoms with E-state index in [0.717, 1.165) is 0 Å². The smallest absolute Gasteiger partial charge is 0.186 e. The van der Waals surface area contributed by atoms with Crippen molar-refractivity contribution in [1.29, 1.82) is 0 Å². The fraction of sp³-hybridized carbons (Fsp3) is 1.00. The Morgan fingerprint density at radius 1 is 0.439 bits per heavy atom. The van der Waals surface area contributed by atoms with Crippen molar-refractivity contribution in [3.05, 3.63) is 0 Å². The van der Waals surface area contributed by atoms with Crippen LogP contribution in [-0.4, -0.2) is 193 Å². The predicted molar refractivity (Wildman–Crippen MR) is 127 cm³/mol. The van der Waals surface area contributed by atoms with Crippen molar-refractivity contribution in [1.82, 2.24) is 0 Å². The molecular weight excluding hydrogens is 564 g/mol. The standard InChI is InChI=1S/C23H42O18/c1-23(5-36-20-17(33)14(30)11(27)8(2-24)39-20,6-37-21-18(34)15(31)12(28)9(3-25)40-21)7-38-22-19(35)16(32)13(29)10(4-26)41-22/h8-22,24-35H,2-7H2,1H3/t8?,9?,10?,11-,12-,13-,14?,15?,16?,17+,18+,19+,20+,21+,22+,23?/m0/s1. The van der Waals surface area contributed by atoms with Gasteiger partial charge in [-0.3, -0.25) is 0 Å². The third kappa shape index (κ3) is 7.87. The maximum atomic E-state index is 10.3. The van der Waals surface area contributed by atoms with E-state index in [9.17, 15) is 61.3 Å². The molecule has 0 spiro atoms. The molecule has 0 amide bonds. The van der Waals surface area contributed by atoms with Crippen LogP contribution in [0.4, 0.5) is 0 Å². The van der Waals surface area contributed by atoms with Crippen molar-refractivity contribution in [3.63, 3.8) is 0 Å². The Hall–Kier alpha value is -0.720. The van der Waals surface area contributed by atoms with Crippen molar-refractivity contribution >= 4 is 0 Å². The van der Waals surface area contributed by atoms with Crippen LogP contribution in [0.3, 0.4) is 0 Å². The summed E-state index contributed by atoms with van der Waals surface area (Å²) in [5, 5.41) is 119. The van der Waals surface area contributed by atoms with Crippen LogP contribution in [0, 0.1) is 5.41 Å². The summed E-state index contributed by atoms with van der Waals surface area (Å²) >= 11 is 0. The van der Waals surface area contributed by atoms with Crippen LogP contribution in [0.1, 0.15) is 6.92 Å². The Morgan fingerprint density at radius 3 is 0.902 bits per heavy atom. The van der Waals surface area contributed by atoms with Crippen molar-refractivity contribution in [2.45, 2.75) is 99.0 Å². The largest absolute Gasteiger partial charge is 0.394 e. The van der Waals surface area contributed by atoms with Gasteiger partial charge in [0.1, 0.15) is 73.2 Å². The minimum atomic E-state index is -1.74. The lowest BCUT2D eigenvalue weighted by molar-refractivity contribution is -0.329. The third-order valence-corrected chi connectivity index (χ3v) is 7.33. The van der Waals surface area contributed by atoms with Gasteiger partial charge in [0.2, 0.25) is 0 Å². The third-order valence-electron chi connectivity index (χ3n) is 7.33. The quantitative estimate of drug-likeness (QED) is 0.0981. The highest BCUT2D eigenvalue weighted by atomic mass is 16.7. The van der Waals surface area contributed by atoms with E-state index in [1.54, 1.807) is 0 Å². The van der Waals surface area contributed by atoms with Crippen LogP contribution in [-0.2, 0) is 28.4 Å². The predicted octanol–water partition coefficient (Wildman–Crippen LogP) is -7.56. The highest BCUT2D eigenvalue weighted by molar-refractivity contribution is 4.92. The molecule has 0 aliphatic carbocycles. The molecule has 242 valence electrons. The number of hydrogen-bond acceptors (Lipinski definition) is 18. The van der Waals surface area contributed by atoms with Gasteiger partial charge in [0.05, 0.1) is 39.6 Å². The molecule has 12 N–H and O–H groups in total. The molecule has 0 aromatic heterocycles. The van der Waals surface area contributed by atoms with Crippen LogP contribution in [0.2, 0.25) is 0 Å². The van der Waals surface area contributed by atoms with E-state index in [1.807, 2.05) is 0 Å². The van der Waals surface area contributed by atoms with E-state index >= 15 is 0 Å². The number of aliphatic hydroxyl groups excluding tert-OH is 12. The van der Waals surface area contributed by atoms with E-state index in [1.165, 1.54) is 6.92 Å². The summed E-state index contributed by atoms with van der Waals surface area (Å²) in [6, 6.07) is 0. The zero-order chi connectivity index (χ0) is 30.6. The summed E-state index contributed by atoms with van der Waals surface area (Å²) in [7, 11) is 0. The summed E-state index contributed by atoms with van der Waals surface area (Å²) in [4.78, 5) is 0. The van der Waals surface area contributed by atoms with Crippen molar-refractivity contribution in [3.8, 4) is 0 Å². The van der Waals surface area contributed by atoms with Gasteiger partial charge >= 0.3 is 0 Å². The molecule has 0 saturated carbocycles. The van der Waals surface area contributed by atoms with Crippen molar-refractivity contribution in [2.75, 3.05) is 39.6 Å². The van der Waals surface area contributed by atoms with Gasteiger partial charge in [-0.05, 0) is 0 Å². The Labute approximate surface area is 234 Å². The molecule has 3 heterocycles. The zero-order valence-electron chi connectivity index (χ0n) is 22.2. The van der Waals surface area contributed by atoms with Gasteiger partial charge in [-0.15, -0.1) is 0 Å². The number of ether oxygens (including phenoxy) is 6. The summed E-state index contributed by atoms with van der Waals surface area (Å²) in [6.45, 7) is -1.90. The fourth-order valence-corrected chi connectivity index (χ4v) is 4.59. The molecule has 0 aromatic rings. The maximum Gasteiger partial charge on any atom is 0.186 e. The lowest BCUT2D eigenvalue weighted by Gasteiger charge is -2.43. The fourth-order valence-electron chi connectivity index (χ4n) is 4.59. The molecular formula is C23H42O18. The highest BCUT2D eigenvalue weighted by Crippen LogP contribution is 2.30. The molecule has 18 nitrogen and oxygen atoms in total. The summed E-state index contributed by atoms with van der Waals surface area (Å²) < 4.78 is 32.9. The average Bonchev–Trinajstić information content (AvgIpc) is 2.96. The first-order valence-corrected chi connectivity index (χ1v) is 13.0. The highest BCUT2D eigenvalue weighted by Gasteiger charge is 2.48. The first kappa shape index (κ1) is 34.8. The second kappa shape index (κ2) is 14.8. The summed E-state index contributed by atoms with van der Waals surface area (Å²) in [5.41, 5.74) is -1.34.